The van der Waals surface area contributed by atoms with Crippen LogP contribution in [0, 0.1) is 5.82 Å². The van der Waals surface area contributed by atoms with Gasteiger partial charge in [0.05, 0.1) is 0 Å². The van der Waals surface area contributed by atoms with Crippen molar-refractivity contribution in [2.75, 3.05) is 0 Å². The van der Waals surface area contributed by atoms with Crippen LogP contribution in [0.1, 0.15) is 0 Å². The number of benzene rings is 1. The molecule has 2 rings (SSSR count). The van der Waals surface area contributed by atoms with Gasteiger partial charge in [-0.15, -0.1) is 0 Å². The van der Waals surface area contributed by atoms with Gasteiger partial charge < -0.3 is 5.11 Å². The summed E-state index contributed by atoms with van der Waals surface area (Å²) in [7, 11) is 0. The van der Waals surface area contributed by atoms with E-state index in [0.29, 0.717) is 5.56 Å². The monoisotopic (exact) mass is 194 g/mol. The first-order chi connectivity index (χ1) is 6.27. The van der Waals surface area contributed by atoms with Crippen LogP contribution in [-0.4, -0.2) is 5.11 Å². The molecule has 1 nitrogen and oxygen atoms in total. The van der Waals surface area contributed by atoms with Gasteiger partial charge in [-0.1, -0.05) is 0 Å². The van der Waals surface area contributed by atoms with E-state index in [4.69, 9.17) is 0 Å². The summed E-state index contributed by atoms with van der Waals surface area (Å²) in [5.41, 5.74) is 1.39. The van der Waals surface area contributed by atoms with E-state index < -0.39 is 0 Å². The summed E-state index contributed by atoms with van der Waals surface area (Å²) in [6.07, 6.45) is 0. The Kier molecular flexibility index (Phi) is 2.02. The number of phenolic OH excluding ortho intramolecular Hbond substituents is 1. The number of hydrogen-bond donors (Lipinski definition) is 1. The molecule has 0 spiro atoms. The van der Waals surface area contributed by atoms with Crippen molar-refractivity contribution in [1.29, 1.82) is 0 Å². The highest BCUT2D eigenvalue weighted by Gasteiger charge is 2.05. The lowest BCUT2D eigenvalue weighted by Gasteiger charge is -2.01. The molecule has 0 aliphatic carbocycles. The Morgan fingerprint density at radius 2 is 2.08 bits per heavy atom. The van der Waals surface area contributed by atoms with Gasteiger partial charge in [0.25, 0.3) is 0 Å². The highest BCUT2D eigenvalue weighted by atomic mass is 32.1. The van der Waals surface area contributed by atoms with E-state index in [-0.39, 0.29) is 11.6 Å². The Bertz CT molecular complexity index is 409. The molecular weight excluding hydrogens is 187 g/mol. The third-order valence-corrected chi connectivity index (χ3v) is 2.47. The Morgan fingerprint density at radius 1 is 1.23 bits per heavy atom. The standard InChI is InChI=1S/C10H7FOS/c11-8-1-2-10(12)9(5-8)7-3-4-13-6-7/h1-6,12H. The van der Waals surface area contributed by atoms with Crippen molar-refractivity contribution in [2.24, 2.45) is 0 Å². The van der Waals surface area contributed by atoms with E-state index in [9.17, 15) is 9.50 Å². The van der Waals surface area contributed by atoms with Crippen LogP contribution in [0.3, 0.4) is 0 Å². The normalized spacial score (nSPS) is 10.2. The summed E-state index contributed by atoms with van der Waals surface area (Å²) in [5.74, 6) is -0.223. The molecule has 2 aromatic rings. The zero-order valence-corrected chi connectivity index (χ0v) is 7.51. The quantitative estimate of drug-likeness (QED) is 0.738. The zero-order chi connectivity index (χ0) is 9.26. The van der Waals surface area contributed by atoms with Crippen LogP contribution in [0.4, 0.5) is 4.39 Å². The second-order valence-electron chi connectivity index (χ2n) is 2.67. The van der Waals surface area contributed by atoms with Gasteiger partial charge in [-0.3, -0.25) is 0 Å². The lowest BCUT2D eigenvalue weighted by atomic mass is 10.1. The maximum atomic E-state index is 12.8. The molecule has 0 saturated heterocycles. The van der Waals surface area contributed by atoms with Gasteiger partial charge in [-0.25, -0.2) is 4.39 Å². The molecule has 13 heavy (non-hydrogen) atoms. The number of thiophene rings is 1. The van der Waals surface area contributed by atoms with Crippen molar-refractivity contribution in [1.82, 2.24) is 0 Å². The van der Waals surface area contributed by atoms with Gasteiger partial charge in [0.1, 0.15) is 11.6 Å². The van der Waals surface area contributed by atoms with E-state index in [1.54, 1.807) is 0 Å². The maximum absolute atomic E-state index is 12.8. The van der Waals surface area contributed by atoms with Crippen molar-refractivity contribution < 1.29 is 9.50 Å². The van der Waals surface area contributed by atoms with E-state index >= 15 is 0 Å². The SMILES string of the molecule is Oc1ccc(F)cc1-c1ccsc1. The number of phenols is 1. The first kappa shape index (κ1) is 8.26. The molecule has 0 unspecified atom stereocenters. The van der Waals surface area contributed by atoms with E-state index in [2.05, 4.69) is 0 Å². The molecule has 0 atom stereocenters. The molecule has 3 heteroatoms. The molecule has 1 heterocycles. The Hall–Kier alpha value is -1.35. The van der Waals surface area contributed by atoms with Crippen LogP contribution in [0.25, 0.3) is 11.1 Å². The first-order valence-electron chi connectivity index (χ1n) is 3.78. The van der Waals surface area contributed by atoms with Gasteiger partial charge in [-0.2, -0.15) is 11.3 Å². The van der Waals surface area contributed by atoms with Crippen molar-refractivity contribution in [3.05, 3.63) is 40.8 Å². The average Bonchev–Trinajstić information content (AvgIpc) is 2.61. The lowest BCUT2D eigenvalue weighted by Crippen LogP contribution is -1.78. The van der Waals surface area contributed by atoms with Crippen molar-refractivity contribution in [3.63, 3.8) is 0 Å². The smallest absolute Gasteiger partial charge is 0.124 e. The van der Waals surface area contributed by atoms with E-state index in [1.807, 2.05) is 16.8 Å². The number of aromatic hydroxyl groups is 1. The maximum Gasteiger partial charge on any atom is 0.124 e. The minimum Gasteiger partial charge on any atom is -0.507 e. The largest absolute Gasteiger partial charge is 0.507 e. The van der Waals surface area contributed by atoms with Crippen molar-refractivity contribution in [3.8, 4) is 16.9 Å². The molecule has 0 radical (unpaired) electrons. The van der Waals surface area contributed by atoms with Gasteiger partial charge in [0.2, 0.25) is 0 Å². The summed E-state index contributed by atoms with van der Waals surface area (Å²) < 4.78 is 12.8. The fourth-order valence-corrected chi connectivity index (χ4v) is 1.81. The number of rotatable bonds is 1. The van der Waals surface area contributed by atoms with E-state index in [0.717, 1.165) is 5.56 Å². The van der Waals surface area contributed by atoms with Crippen molar-refractivity contribution in [2.45, 2.75) is 0 Å². The second kappa shape index (κ2) is 3.18. The fraction of sp³-hybridized carbons (Fsp3) is 0. The summed E-state index contributed by atoms with van der Waals surface area (Å²) >= 11 is 1.52. The van der Waals surface area contributed by atoms with Crippen molar-refractivity contribution >= 4 is 11.3 Å². The molecule has 66 valence electrons. The van der Waals surface area contributed by atoms with Crippen LogP contribution in [0.2, 0.25) is 0 Å². The van der Waals surface area contributed by atoms with Crippen LogP contribution < -0.4 is 0 Å². The highest BCUT2D eigenvalue weighted by molar-refractivity contribution is 7.08. The van der Waals surface area contributed by atoms with E-state index in [1.165, 1.54) is 29.5 Å². The zero-order valence-electron chi connectivity index (χ0n) is 6.70. The van der Waals surface area contributed by atoms with Gasteiger partial charge in [0, 0.05) is 5.56 Å². The summed E-state index contributed by atoms with van der Waals surface area (Å²) in [5, 5.41) is 13.2. The Balaban J connectivity index is 2.57. The minimum atomic E-state index is -0.334. The first-order valence-corrected chi connectivity index (χ1v) is 4.73. The Labute approximate surface area is 79.1 Å². The number of halogens is 1. The number of hydrogen-bond acceptors (Lipinski definition) is 2. The fourth-order valence-electron chi connectivity index (χ4n) is 1.16. The third kappa shape index (κ3) is 1.55. The van der Waals surface area contributed by atoms with Crippen LogP contribution >= 0.6 is 11.3 Å². The predicted octanol–water partition coefficient (Wildman–Crippen LogP) is 3.26. The van der Waals surface area contributed by atoms with Gasteiger partial charge in [0.15, 0.2) is 0 Å². The Morgan fingerprint density at radius 3 is 2.77 bits per heavy atom. The lowest BCUT2D eigenvalue weighted by molar-refractivity contribution is 0.475. The average molecular weight is 194 g/mol. The van der Waals surface area contributed by atoms with Gasteiger partial charge in [-0.05, 0) is 40.6 Å². The topological polar surface area (TPSA) is 20.2 Å². The highest BCUT2D eigenvalue weighted by Crippen LogP contribution is 2.30. The molecule has 0 aliphatic heterocycles. The van der Waals surface area contributed by atoms with Crippen LogP contribution in [-0.2, 0) is 0 Å². The summed E-state index contributed by atoms with van der Waals surface area (Å²) in [6, 6.07) is 5.78. The third-order valence-electron chi connectivity index (χ3n) is 1.79. The van der Waals surface area contributed by atoms with Crippen LogP contribution in [0.5, 0.6) is 5.75 Å². The minimum absolute atomic E-state index is 0.111. The molecule has 0 fully saturated rings. The predicted molar refractivity (Wildman–Crippen MR) is 51.4 cm³/mol. The molecule has 1 aromatic heterocycles. The molecule has 0 amide bonds. The summed E-state index contributed by atoms with van der Waals surface area (Å²) in [6.45, 7) is 0. The van der Waals surface area contributed by atoms with Gasteiger partial charge >= 0.3 is 0 Å². The molecule has 0 saturated carbocycles. The molecule has 1 N–H and O–H groups in total. The summed E-state index contributed by atoms with van der Waals surface area (Å²) in [4.78, 5) is 0. The molecular formula is C10H7FOS. The molecule has 0 aliphatic rings. The van der Waals surface area contributed by atoms with Crippen LogP contribution in [0.15, 0.2) is 35.0 Å². The molecule has 1 aromatic carbocycles. The molecule has 0 bridgehead atoms. The second-order valence-corrected chi connectivity index (χ2v) is 3.45.